The molecule has 4 rings (SSSR count). The summed E-state index contributed by atoms with van der Waals surface area (Å²) < 4.78 is 6.48. The summed E-state index contributed by atoms with van der Waals surface area (Å²) in [5.74, 6) is 2.39. The Balaban J connectivity index is 1.39. The predicted molar refractivity (Wildman–Crippen MR) is 194 cm³/mol. The minimum atomic E-state index is -0.195. The third-order valence-corrected chi connectivity index (χ3v) is 11.1. The number of hydrogen-bond acceptors (Lipinski definition) is 5. The quantitative estimate of drug-likeness (QED) is 0.129. The second-order valence-electron chi connectivity index (χ2n) is 13.5. The smallest absolute Gasteiger partial charge is 0.223 e. The van der Waals surface area contributed by atoms with Crippen molar-refractivity contribution in [3.05, 3.63) is 58.3 Å². The van der Waals surface area contributed by atoms with Crippen LogP contribution in [0.4, 0.5) is 0 Å². The van der Waals surface area contributed by atoms with Crippen LogP contribution in [-0.2, 0) is 16.1 Å². The van der Waals surface area contributed by atoms with Gasteiger partial charge in [0.05, 0.1) is 17.1 Å². The molecular formula is C38H57N3O2S2. The SMILES string of the molecule is CCCCCCC[C@H]1CC[C@H](CC(=O)N(CCC)[C@@H](CC(C)C2=N[C@@H](C)[C@H](c3ccccc3)O2)C(=S)NCc2cccs2)CC1. The van der Waals surface area contributed by atoms with Crippen LogP contribution in [-0.4, -0.2) is 40.3 Å². The van der Waals surface area contributed by atoms with Gasteiger partial charge in [-0.2, -0.15) is 0 Å². The number of carbonyl (C=O) groups excluding carboxylic acids is 1. The highest BCUT2D eigenvalue weighted by atomic mass is 32.1. The first kappa shape index (κ1) is 35.6. The summed E-state index contributed by atoms with van der Waals surface area (Å²) >= 11 is 7.80. The Morgan fingerprint density at radius 3 is 2.44 bits per heavy atom. The van der Waals surface area contributed by atoms with Gasteiger partial charge in [-0.1, -0.05) is 121 Å². The average molecular weight is 652 g/mol. The van der Waals surface area contributed by atoms with Crippen LogP contribution in [0.15, 0.2) is 52.8 Å². The lowest BCUT2D eigenvalue weighted by molar-refractivity contribution is -0.133. The van der Waals surface area contributed by atoms with Crippen molar-refractivity contribution >= 4 is 40.3 Å². The number of amides is 1. The van der Waals surface area contributed by atoms with E-state index < -0.39 is 0 Å². The molecule has 1 aromatic carbocycles. The van der Waals surface area contributed by atoms with Gasteiger partial charge in [0.2, 0.25) is 5.91 Å². The number of nitrogens with zero attached hydrogens (tertiary/aromatic N) is 2. The zero-order valence-corrected chi connectivity index (χ0v) is 29.8. The molecule has 1 aliphatic carbocycles. The van der Waals surface area contributed by atoms with Crippen LogP contribution in [0.5, 0.6) is 0 Å². The number of unbranched alkanes of at least 4 members (excludes halogenated alkanes) is 4. The topological polar surface area (TPSA) is 53.9 Å². The van der Waals surface area contributed by atoms with Gasteiger partial charge >= 0.3 is 0 Å². The molecule has 1 N–H and O–H groups in total. The van der Waals surface area contributed by atoms with Gasteiger partial charge in [0, 0.05) is 30.3 Å². The maximum absolute atomic E-state index is 14.1. The van der Waals surface area contributed by atoms with Crippen LogP contribution in [0, 0.1) is 17.8 Å². The van der Waals surface area contributed by atoms with Crippen LogP contribution in [0.3, 0.4) is 0 Å². The van der Waals surface area contributed by atoms with E-state index in [1.54, 1.807) is 11.3 Å². The maximum Gasteiger partial charge on any atom is 0.223 e. The largest absolute Gasteiger partial charge is 0.470 e. The molecule has 2 aromatic rings. The van der Waals surface area contributed by atoms with Crippen LogP contribution in [0.25, 0.3) is 0 Å². The number of carbonyl (C=O) groups is 1. The summed E-state index contributed by atoms with van der Waals surface area (Å²) in [7, 11) is 0. The molecule has 4 atom stereocenters. The normalized spacial score (nSPS) is 22.7. The molecule has 5 nitrogen and oxygen atoms in total. The minimum Gasteiger partial charge on any atom is -0.470 e. The van der Waals surface area contributed by atoms with Crippen LogP contribution < -0.4 is 5.32 Å². The average Bonchev–Trinajstić information content (AvgIpc) is 3.72. The number of hydrogen-bond donors (Lipinski definition) is 1. The molecule has 1 aromatic heterocycles. The number of rotatable bonds is 18. The van der Waals surface area contributed by atoms with E-state index in [1.807, 2.05) is 6.07 Å². The molecular weight excluding hydrogens is 595 g/mol. The number of thiophene rings is 1. The summed E-state index contributed by atoms with van der Waals surface area (Å²) in [4.78, 5) is 23.1. The van der Waals surface area contributed by atoms with Gasteiger partial charge in [-0.15, -0.1) is 11.3 Å². The van der Waals surface area contributed by atoms with Crippen molar-refractivity contribution in [3.63, 3.8) is 0 Å². The molecule has 1 saturated carbocycles. The van der Waals surface area contributed by atoms with Crippen molar-refractivity contribution in [2.75, 3.05) is 6.54 Å². The molecule has 2 aliphatic rings. The maximum atomic E-state index is 14.1. The predicted octanol–water partition coefficient (Wildman–Crippen LogP) is 9.91. The Kier molecular flexibility index (Phi) is 14.9. The first-order valence-corrected chi connectivity index (χ1v) is 19.1. The third kappa shape index (κ3) is 10.9. The van der Waals surface area contributed by atoms with E-state index in [0.717, 1.165) is 28.8 Å². The fraction of sp³-hybridized carbons (Fsp3) is 0.658. The molecule has 0 bridgehead atoms. The van der Waals surface area contributed by atoms with Gasteiger partial charge < -0.3 is 15.0 Å². The Morgan fingerprint density at radius 1 is 1.02 bits per heavy atom. The number of ether oxygens (including phenoxy) is 1. The summed E-state index contributed by atoms with van der Waals surface area (Å²) in [5.41, 5.74) is 1.15. The van der Waals surface area contributed by atoms with Crippen molar-refractivity contribution in [2.24, 2.45) is 22.7 Å². The van der Waals surface area contributed by atoms with E-state index in [0.29, 0.717) is 31.8 Å². The molecule has 45 heavy (non-hydrogen) atoms. The van der Waals surface area contributed by atoms with Crippen LogP contribution >= 0.6 is 23.6 Å². The molecule has 2 heterocycles. The van der Waals surface area contributed by atoms with Crippen LogP contribution in [0.2, 0.25) is 0 Å². The second kappa shape index (κ2) is 18.8. The zero-order chi connectivity index (χ0) is 32.0. The Hall–Kier alpha value is -2.25. The van der Waals surface area contributed by atoms with E-state index in [4.69, 9.17) is 21.9 Å². The molecule has 0 saturated heterocycles. The third-order valence-electron chi connectivity index (χ3n) is 9.77. The lowest BCUT2D eigenvalue weighted by atomic mass is 9.78. The van der Waals surface area contributed by atoms with Crippen molar-refractivity contribution in [3.8, 4) is 0 Å². The molecule has 7 heteroatoms. The van der Waals surface area contributed by atoms with Crippen molar-refractivity contribution in [2.45, 2.75) is 136 Å². The summed E-state index contributed by atoms with van der Waals surface area (Å²) in [5, 5.41) is 5.62. The summed E-state index contributed by atoms with van der Waals surface area (Å²) in [6.07, 6.45) is 15.2. The minimum absolute atomic E-state index is 0.0348. The molecule has 1 amide bonds. The highest BCUT2D eigenvalue weighted by molar-refractivity contribution is 7.80. The molecule has 248 valence electrons. The Bertz CT molecular complexity index is 1180. The van der Waals surface area contributed by atoms with E-state index in [2.05, 4.69) is 79.7 Å². The van der Waals surface area contributed by atoms with E-state index >= 15 is 0 Å². The monoisotopic (exact) mass is 651 g/mol. The van der Waals surface area contributed by atoms with Gasteiger partial charge in [-0.05, 0) is 61.5 Å². The molecule has 1 fully saturated rings. The zero-order valence-electron chi connectivity index (χ0n) is 28.2. The van der Waals surface area contributed by atoms with Gasteiger partial charge in [-0.3, -0.25) is 4.79 Å². The van der Waals surface area contributed by atoms with Crippen molar-refractivity contribution in [1.29, 1.82) is 0 Å². The van der Waals surface area contributed by atoms with Gasteiger partial charge in [-0.25, -0.2) is 4.99 Å². The molecule has 1 aliphatic heterocycles. The Labute approximate surface area is 282 Å². The molecule has 0 radical (unpaired) electrons. The lowest BCUT2D eigenvalue weighted by Crippen LogP contribution is -2.50. The Morgan fingerprint density at radius 2 is 1.76 bits per heavy atom. The first-order valence-electron chi connectivity index (χ1n) is 17.8. The second-order valence-corrected chi connectivity index (χ2v) is 15.0. The van der Waals surface area contributed by atoms with E-state index in [9.17, 15) is 4.79 Å². The van der Waals surface area contributed by atoms with Gasteiger partial charge in [0.15, 0.2) is 5.90 Å². The van der Waals surface area contributed by atoms with E-state index in [-0.39, 0.29) is 30.0 Å². The van der Waals surface area contributed by atoms with Crippen molar-refractivity contribution in [1.82, 2.24) is 10.2 Å². The van der Waals surface area contributed by atoms with Gasteiger partial charge in [0.25, 0.3) is 0 Å². The van der Waals surface area contributed by atoms with Crippen LogP contribution in [0.1, 0.15) is 128 Å². The number of thiocarbonyl (C=S) groups is 1. The number of aliphatic imine (C=N–C) groups is 1. The highest BCUT2D eigenvalue weighted by Gasteiger charge is 2.36. The fourth-order valence-electron chi connectivity index (χ4n) is 7.10. The first-order chi connectivity index (χ1) is 21.9. The molecule has 0 spiro atoms. The van der Waals surface area contributed by atoms with Gasteiger partial charge in [0.1, 0.15) is 6.10 Å². The highest BCUT2D eigenvalue weighted by Crippen LogP contribution is 2.35. The standard InChI is InChI=1S/C38H57N3O2S2/c1-5-7-8-9-11-15-30-19-21-31(22-20-30)26-35(42)41(23-6-2)34(38(44)39-27-33-18-14-24-45-33)25-28(3)37-40-29(4)36(43-37)32-16-12-10-13-17-32/h10,12-14,16-18,24,28-31,34,36H,5-9,11,15,19-23,25-27H2,1-4H3,(H,39,44)/t28?,29-,30-,31-,34-,36+/m0/s1. The fourth-order valence-corrected chi connectivity index (χ4v) is 8.04. The van der Waals surface area contributed by atoms with E-state index in [1.165, 1.54) is 69.1 Å². The summed E-state index contributed by atoms with van der Waals surface area (Å²) in [6.45, 7) is 10.1. The summed E-state index contributed by atoms with van der Waals surface area (Å²) in [6, 6.07) is 14.4. The lowest BCUT2D eigenvalue weighted by Gasteiger charge is -2.36. The molecule has 1 unspecified atom stereocenters. The number of nitrogens with one attached hydrogen (secondary N) is 1. The van der Waals surface area contributed by atoms with Crippen molar-refractivity contribution < 1.29 is 9.53 Å². The number of benzene rings is 1.